The standard InChI is InChI=1S/C12H23N.C10H16N4O4/c1-3-7-11(8-4-1)13-12-9-5-2-6-10-12;1-10(2,3)18-9(17)14-5-6(12-13-11)4-7(14)8(15)16/h11-13H,1-10H2;6-7H,4-5H2,1-3H3,(H,15,16). The largest absolute Gasteiger partial charge is 0.548 e. The van der Waals surface area contributed by atoms with Gasteiger partial charge in [-0.3, -0.25) is 4.90 Å². The van der Waals surface area contributed by atoms with Crippen molar-refractivity contribution in [3.63, 3.8) is 0 Å². The molecule has 0 aromatic rings. The molecule has 9 heteroatoms. The number of aliphatic carboxylic acids is 1. The number of amides is 1. The van der Waals surface area contributed by atoms with E-state index in [0.29, 0.717) is 0 Å². The van der Waals surface area contributed by atoms with Gasteiger partial charge in [-0.05, 0) is 84.1 Å². The van der Waals surface area contributed by atoms with E-state index in [0.717, 1.165) is 17.0 Å². The molecule has 0 aromatic heterocycles. The van der Waals surface area contributed by atoms with E-state index in [9.17, 15) is 14.7 Å². The molecule has 1 saturated heterocycles. The van der Waals surface area contributed by atoms with Crippen molar-refractivity contribution in [2.75, 3.05) is 6.54 Å². The lowest BCUT2D eigenvalue weighted by Gasteiger charge is -2.28. The zero-order chi connectivity index (χ0) is 22.9. The average molecular weight is 438 g/mol. The molecule has 0 spiro atoms. The predicted molar refractivity (Wildman–Crippen MR) is 115 cm³/mol. The van der Waals surface area contributed by atoms with Crippen LogP contribution in [0.25, 0.3) is 10.4 Å². The van der Waals surface area contributed by atoms with E-state index in [-0.39, 0.29) is 13.0 Å². The molecule has 1 aliphatic heterocycles. The van der Waals surface area contributed by atoms with Crippen LogP contribution >= 0.6 is 0 Å². The molecule has 2 unspecified atom stereocenters. The first kappa shape index (κ1) is 25.3. The van der Waals surface area contributed by atoms with Crippen LogP contribution < -0.4 is 10.4 Å². The molecule has 1 heterocycles. The Bertz CT molecular complexity index is 616. The molecule has 2 N–H and O–H groups in total. The quantitative estimate of drug-likeness (QED) is 0.411. The summed E-state index contributed by atoms with van der Waals surface area (Å²) in [5.74, 6) is -1.38. The van der Waals surface area contributed by atoms with E-state index in [1.807, 2.05) is 0 Å². The van der Waals surface area contributed by atoms with E-state index in [1.54, 1.807) is 20.8 Å². The van der Waals surface area contributed by atoms with Crippen LogP contribution in [0.5, 0.6) is 0 Å². The number of azide groups is 1. The summed E-state index contributed by atoms with van der Waals surface area (Å²) >= 11 is 0. The van der Waals surface area contributed by atoms with Crippen molar-refractivity contribution in [3.8, 4) is 0 Å². The van der Waals surface area contributed by atoms with E-state index < -0.39 is 29.7 Å². The van der Waals surface area contributed by atoms with Crippen LogP contribution in [-0.2, 0) is 9.53 Å². The number of carboxylic acid groups (broad SMARTS) is 1. The topological polar surface area (TPSA) is 135 Å². The summed E-state index contributed by atoms with van der Waals surface area (Å²) in [5, 5.41) is 17.1. The minimum absolute atomic E-state index is 0.0254. The highest BCUT2D eigenvalue weighted by Gasteiger charge is 2.37. The minimum Gasteiger partial charge on any atom is -0.548 e. The van der Waals surface area contributed by atoms with Crippen LogP contribution in [0.3, 0.4) is 0 Å². The molecule has 31 heavy (non-hydrogen) atoms. The molecule has 0 bridgehead atoms. The Kier molecular flexibility index (Phi) is 9.91. The molecule has 9 nitrogen and oxygen atoms in total. The van der Waals surface area contributed by atoms with Gasteiger partial charge in [0.1, 0.15) is 5.60 Å². The summed E-state index contributed by atoms with van der Waals surface area (Å²) in [5.41, 5.74) is 7.61. The molecule has 3 fully saturated rings. The zero-order valence-corrected chi connectivity index (χ0v) is 19.3. The lowest BCUT2D eigenvalue weighted by atomic mass is 9.91. The second-order valence-corrected chi connectivity index (χ2v) is 10.1. The highest BCUT2D eigenvalue weighted by Crippen LogP contribution is 2.23. The fourth-order valence-corrected chi connectivity index (χ4v) is 4.75. The Morgan fingerprint density at radius 1 is 1.03 bits per heavy atom. The highest BCUT2D eigenvalue weighted by molar-refractivity contribution is 5.79. The molecule has 0 radical (unpaired) electrons. The second kappa shape index (κ2) is 12.2. The summed E-state index contributed by atoms with van der Waals surface area (Å²) in [7, 11) is 0. The maximum atomic E-state index is 11.8. The average Bonchev–Trinajstić information content (AvgIpc) is 3.14. The number of nitrogens with two attached hydrogens (primary N) is 1. The normalized spacial score (nSPS) is 25.2. The third kappa shape index (κ3) is 8.95. The molecule has 2 aliphatic carbocycles. The number of nitrogens with zero attached hydrogens (tertiary/aromatic N) is 4. The number of carbonyl (C=O) groups is 2. The van der Waals surface area contributed by atoms with Crippen molar-refractivity contribution < 1.29 is 24.7 Å². The third-order valence-electron chi connectivity index (χ3n) is 6.24. The highest BCUT2D eigenvalue weighted by atomic mass is 16.6. The number of quaternary nitrogens is 1. The van der Waals surface area contributed by atoms with E-state index in [2.05, 4.69) is 15.3 Å². The Morgan fingerprint density at radius 2 is 1.55 bits per heavy atom. The number of carbonyl (C=O) groups excluding carboxylic acids is 2. The first-order valence-corrected chi connectivity index (χ1v) is 11.8. The monoisotopic (exact) mass is 437 g/mol. The molecule has 3 aliphatic rings. The van der Waals surface area contributed by atoms with Gasteiger partial charge in [0.15, 0.2) is 0 Å². The van der Waals surface area contributed by atoms with Crippen LogP contribution in [0.1, 0.15) is 91.4 Å². The Hall–Kier alpha value is -1.99. The second-order valence-electron chi connectivity index (χ2n) is 10.1. The van der Waals surface area contributed by atoms with Crippen molar-refractivity contribution in [1.29, 1.82) is 0 Å². The van der Waals surface area contributed by atoms with Crippen molar-refractivity contribution in [3.05, 3.63) is 10.4 Å². The van der Waals surface area contributed by atoms with Crippen molar-refractivity contribution in [2.45, 2.75) is 121 Å². The fourth-order valence-electron chi connectivity index (χ4n) is 4.75. The van der Waals surface area contributed by atoms with Gasteiger partial charge in [-0.25, -0.2) is 4.79 Å². The van der Waals surface area contributed by atoms with Crippen molar-refractivity contribution in [2.24, 2.45) is 5.11 Å². The van der Waals surface area contributed by atoms with Crippen LogP contribution in [0.15, 0.2) is 5.11 Å². The fraction of sp³-hybridized carbons (Fsp3) is 0.909. The van der Waals surface area contributed by atoms with Crippen LogP contribution in [-0.4, -0.2) is 53.3 Å². The van der Waals surface area contributed by atoms with Gasteiger partial charge < -0.3 is 20.0 Å². The molecule has 3 rings (SSSR count). The van der Waals surface area contributed by atoms with Gasteiger partial charge >= 0.3 is 6.09 Å². The predicted octanol–water partition coefficient (Wildman–Crippen LogP) is 2.64. The van der Waals surface area contributed by atoms with Gasteiger partial charge in [0.2, 0.25) is 0 Å². The summed E-state index contributed by atoms with van der Waals surface area (Å²) in [6.07, 6.45) is 14.3. The first-order valence-electron chi connectivity index (χ1n) is 11.8. The number of hydrogen-bond donors (Lipinski definition) is 1. The summed E-state index contributed by atoms with van der Waals surface area (Å²) < 4.78 is 5.09. The first-order chi connectivity index (χ1) is 14.7. The number of rotatable bonds is 4. The number of ether oxygens (including phenoxy) is 1. The van der Waals surface area contributed by atoms with Crippen LogP contribution in [0.4, 0.5) is 4.79 Å². The van der Waals surface area contributed by atoms with Gasteiger partial charge in [0, 0.05) is 11.5 Å². The lowest BCUT2D eigenvalue weighted by Crippen LogP contribution is -2.95. The molecule has 2 atom stereocenters. The van der Waals surface area contributed by atoms with Gasteiger partial charge in [0.25, 0.3) is 0 Å². The molecular weight excluding hydrogens is 398 g/mol. The summed E-state index contributed by atoms with van der Waals surface area (Å²) in [6.45, 7) is 5.07. The zero-order valence-electron chi connectivity index (χ0n) is 19.3. The third-order valence-corrected chi connectivity index (χ3v) is 6.24. The maximum absolute atomic E-state index is 11.8. The Balaban J connectivity index is 0.000000231. The molecule has 0 aromatic carbocycles. The van der Waals surface area contributed by atoms with E-state index in [4.69, 9.17) is 10.3 Å². The SMILES string of the molecule is C1CCC([NH2+]C2CCCCC2)CC1.CC(C)(C)OC(=O)N1CC(N=[N+]=[N-])CC1C(=O)[O-]. The van der Waals surface area contributed by atoms with E-state index in [1.165, 1.54) is 64.2 Å². The van der Waals surface area contributed by atoms with Crippen molar-refractivity contribution >= 4 is 12.1 Å². The molecule has 2 saturated carbocycles. The van der Waals surface area contributed by atoms with Crippen molar-refractivity contribution in [1.82, 2.24) is 4.90 Å². The van der Waals surface area contributed by atoms with Gasteiger partial charge in [-0.1, -0.05) is 18.0 Å². The van der Waals surface area contributed by atoms with Crippen LogP contribution in [0.2, 0.25) is 0 Å². The molecular formula is C22H39N5O4. The Morgan fingerprint density at radius 3 is 1.97 bits per heavy atom. The Labute approximate surface area is 185 Å². The van der Waals surface area contributed by atoms with Gasteiger partial charge in [-0.2, -0.15) is 0 Å². The maximum Gasteiger partial charge on any atom is 0.410 e. The minimum atomic E-state index is -1.38. The summed E-state index contributed by atoms with van der Waals surface area (Å²) in [6, 6.07) is 0.314. The lowest BCUT2D eigenvalue weighted by molar-refractivity contribution is -0.725. The number of carboxylic acids is 1. The molecule has 1 amide bonds. The van der Waals surface area contributed by atoms with E-state index >= 15 is 0 Å². The van der Waals surface area contributed by atoms with Gasteiger partial charge in [0.05, 0.1) is 30.1 Å². The van der Waals surface area contributed by atoms with Gasteiger partial charge in [-0.15, -0.1) is 0 Å². The smallest absolute Gasteiger partial charge is 0.410 e. The summed E-state index contributed by atoms with van der Waals surface area (Å²) in [4.78, 5) is 26.4. The molecule has 176 valence electrons. The number of hydrogen-bond acceptors (Lipinski definition) is 5. The van der Waals surface area contributed by atoms with Crippen LogP contribution in [0, 0.1) is 0 Å². The number of likely N-dealkylation sites (tertiary alicyclic amines) is 1.